The van der Waals surface area contributed by atoms with Gasteiger partial charge in [-0.2, -0.15) is 4.31 Å². The van der Waals surface area contributed by atoms with E-state index < -0.39 is 21.4 Å². The van der Waals surface area contributed by atoms with Crippen LogP contribution in [0.2, 0.25) is 5.02 Å². The van der Waals surface area contributed by atoms with Gasteiger partial charge in [0, 0.05) is 36.8 Å². The summed E-state index contributed by atoms with van der Waals surface area (Å²) in [6.07, 6.45) is 1.17. The third kappa shape index (κ3) is 4.94. The van der Waals surface area contributed by atoms with Gasteiger partial charge in [-0.1, -0.05) is 38.4 Å². The van der Waals surface area contributed by atoms with E-state index in [1.165, 1.54) is 22.7 Å². The Balaban J connectivity index is 1.77. The minimum Gasteiger partial charge on any atom is -0.449 e. The van der Waals surface area contributed by atoms with Gasteiger partial charge in [0.1, 0.15) is 11.3 Å². The van der Waals surface area contributed by atoms with Crippen LogP contribution in [0.1, 0.15) is 50.7 Å². The number of halogens is 2. The van der Waals surface area contributed by atoms with Crippen molar-refractivity contribution in [2.45, 2.75) is 45.6 Å². The Morgan fingerprint density at radius 2 is 1.86 bits per heavy atom. The number of piperazine rings is 1. The molecule has 4 rings (SSSR count). The molecule has 0 spiro atoms. The summed E-state index contributed by atoms with van der Waals surface area (Å²) in [6.45, 7) is 10.4. The van der Waals surface area contributed by atoms with Gasteiger partial charge in [-0.25, -0.2) is 17.8 Å². The number of rotatable bonds is 3. The van der Waals surface area contributed by atoms with Gasteiger partial charge in [-0.3, -0.25) is 4.79 Å². The molecule has 0 atom stereocenters. The molecule has 0 saturated carbocycles. The quantitative estimate of drug-likeness (QED) is 0.480. The van der Waals surface area contributed by atoms with Gasteiger partial charge in [0.15, 0.2) is 11.3 Å². The van der Waals surface area contributed by atoms with E-state index in [0.717, 1.165) is 5.56 Å². The largest absolute Gasteiger partial charge is 0.449 e. The maximum atomic E-state index is 14.1. The Kier molecular flexibility index (Phi) is 6.27. The van der Waals surface area contributed by atoms with E-state index in [1.807, 2.05) is 40.7 Å². The highest BCUT2D eigenvalue weighted by Gasteiger charge is 2.41. The van der Waals surface area contributed by atoms with Crippen LogP contribution in [-0.2, 0) is 15.4 Å². The van der Waals surface area contributed by atoms with Crippen molar-refractivity contribution < 1.29 is 22.0 Å². The number of benzene rings is 1. The van der Waals surface area contributed by atoms with Crippen LogP contribution in [0.25, 0.3) is 22.4 Å². The van der Waals surface area contributed by atoms with Crippen molar-refractivity contribution in [2.24, 2.45) is 0 Å². The first kappa shape index (κ1) is 25.6. The second kappa shape index (κ2) is 8.57. The first-order chi connectivity index (χ1) is 16.1. The van der Waals surface area contributed by atoms with Crippen molar-refractivity contribution in [1.82, 2.24) is 14.2 Å². The first-order valence-electron chi connectivity index (χ1n) is 11.3. The van der Waals surface area contributed by atoms with E-state index >= 15 is 0 Å². The molecule has 0 bridgehead atoms. The molecule has 0 radical (unpaired) electrons. The highest BCUT2D eigenvalue weighted by atomic mass is 35.5. The molecule has 1 amide bonds. The van der Waals surface area contributed by atoms with Crippen molar-refractivity contribution in [2.75, 3.05) is 25.9 Å². The van der Waals surface area contributed by atoms with E-state index in [-0.39, 0.29) is 41.7 Å². The number of carbonyl (C=O) groups is 1. The molecule has 0 N–H and O–H groups in total. The topological polar surface area (TPSA) is 83.7 Å². The molecule has 0 unspecified atom stereocenters. The fourth-order valence-corrected chi connectivity index (χ4v) is 5.47. The van der Waals surface area contributed by atoms with E-state index in [9.17, 15) is 17.6 Å². The van der Waals surface area contributed by atoms with Gasteiger partial charge in [-0.15, -0.1) is 0 Å². The van der Waals surface area contributed by atoms with Crippen LogP contribution in [0.4, 0.5) is 4.39 Å². The third-order valence-electron chi connectivity index (χ3n) is 6.29. The molecule has 2 aromatic heterocycles. The van der Waals surface area contributed by atoms with Crippen LogP contribution >= 0.6 is 11.6 Å². The van der Waals surface area contributed by atoms with Crippen LogP contribution in [0, 0.1) is 5.82 Å². The predicted octanol–water partition coefficient (Wildman–Crippen LogP) is 5.08. The molecule has 1 saturated heterocycles. The van der Waals surface area contributed by atoms with Gasteiger partial charge in [0.05, 0.1) is 22.5 Å². The standard InChI is InChI=1S/C25H29ClFN3O4S/c1-24(2,3)16-12-19(15-7-8-17(26)18(27)11-15)28-20-13-21(34-22(16)20)23(31)30-10-9-29(35(6,32)33)14-25(30,4)5/h7-8,11-13H,9-10,14H2,1-6H3. The Hall–Kier alpha value is -2.49. The van der Waals surface area contributed by atoms with Crippen LogP contribution in [0.5, 0.6) is 0 Å². The van der Waals surface area contributed by atoms with Gasteiger partial charge < -0.3 is 9.32 Å². The molecule has 3 aromatic rings. The molecule has 0 aliphatic carbocycles. The lowest BCUT2D eigenvalue weighted by molar-refractivity contribution is 0.0326. The summed E-state index contributed by atoms with van der Waals surface area (Å²) >= 11 is 5.85. The monoisotopic (exact) mass is 521 g/mol. The number of aromatic nitrogens is 1. The lowest BCUT2D eigenvalue weighted by atomic mass is 9.86. The molecule has 7 nitrogen and oxygen atoms in total. The third-order valence-corrected chi connectivity index (χ3v) is 7.85. The van der Waals surface area contributed by atoms with Crippen molar-refractivity contribution in [3.63, 3.8) is 0 Å². The molecule has 1 aliphatic heterocycles. The number of amides is 1. The minimum atomic E-state index is -3.36. The summed E-state index contributed by atoms with van der Waals surface area (Å²) in [4.78, 5) is 19.8. The Morgan fingerprint density at radius 1 is 1.17 bits per heavy atom. The number of furan rings is 1. The average Bonchev–Trinajstić information content (AvgIpc) is 3.16. The average molecular weight is 522 g/mol. The van der Waals surface area contributed by atoms with Crippen molar-refractivity contribution >= 4 is 38.6 Å². The molecule has 3 heterocycles. The van der Waals surface area contributed by atoms with E-state index in [2.05, 4.69) is 4.98 Å². The summed E-state index contributed by atoms with van der Waals surface area (Å²) in [5, 5.41) is 0.0284. The van der Waals surface area contributed by atoms with E-state index in [4.69, 9.17) is 16.0 Å². The van der Waals surface area contributed by atoms with E-state index in [1.54, 1.807) is 17.0 Å². The number of pyridine rings is 1. The maximum Gasteiger partial charge on any atom is 0.290 e. The lowest BCUT2D eigenvalue weighted by Gasteiger charge is -2.45. The summed E-state index contributed by atoms with van der Waals surface area (Å²) in [7, 11) is -3.36. The minimum absolute atomic E-state index is 0.0284. The molecule has 10 heteroatoms. The normalized spacial score (nSPS) is 17.2. The van der Waals surface area contributed by atoms with Crippen LogP contribution in [0.3, 0.4) is 0 Å². The smallest absolute Gasteiger partial charge is 0.290 e. The summed E-state index contributed by atoms with van der Waals surface area (Å²) in [6, 6.07) is 7.96. The van der Waals surface area contributed by atoms with Crippen molar-refractivity contribution in [1.29, 1.82) is 0 Å². The zero-order chi connectivity index (χ0) is 25.9. The number of nitrogens with zero attached hydrogens (tertiary/aromatic N) is 3. The van der Waals surface area contributed by atoms with Gasteiger partial charge in [0.25, 0.3) is 5.91 Å². The Bertz CT molecular complexity index is 1430. The summed E-state index contributed by atoms with van der Waals surface area (Å²) in [5.74, 6) is -0.750. The van der Waals surface area contributed by atoms with Crippen LogP contribution in [-0.4, -0.2) is 59.9 Å². The van der Waals surface area contributed by atoms with Gasteiger partial charge in [-0.05, 0) is 37.5 Å². The summed E-state index contributed by atoms with van der Waals surface area (Å²) < 4.78 is 45.6. The number of hydrogen-bond donors (Lipinski definition) is 0. The maximum absolute atomic E-state index is 14.1. The molecule has 1 aromatic carbocycles. The molecular formula is C25H29ClFN3O4S. The van der Waals surface area contributed by atoms with Gasteiger partial charge >= 0.3 is 0 Å². The molecular weight excluding hydrogens is 493 g/mol. The SMILES string of the molecule is CC(C)(C)c1cc(-c2ccc(Cl)c(F)c2)nc2cc(C(=O)N3CCN(S(C)(=O)=O)CC3(C)C)oc12. The second-order valence-corrected chi connectivity index (χ2v) is 13.0. The fraction of sp³-hybridized carbons (Fsp3) is 0.440. The van der Waals surface area contributed by atoms with Crippen LogP contribution in [0.15, 0.2) is 34.7 Å². The van der Waals surface area contributed by atoms with Crippen molar-refractivity contribution in [3.8, 4) is 11.3 Å². The Labute approximate surface area is 209 Å². The number of carbonyl (C=O) groups excluding carboxylic acids is 1. The summed E-state index contributed by atoms with van der Waals surface area (Å²) in [5.41, 5.74) is 1.83. The van der Waals surface area contributed by atoms with Crippen molar-refractivity contribution in [3.05, 3.63) is 52.5 Å². The number of hydrogen-bond acceptors (Lipinski definition) is 5. The molecule has 35 heavy (non-hydrogen) atoms. The van der Waals surface area contributed by atoms with E-state index in [0.29, 0.717) is 22.4 Å². The predicted molar refractivity (Wildman–Crippen MR) is 135 cm³/mol. The zero-order valence-corrected chi connectivity index (χ0v) is 22.2. The number of fused-ring (bicyclic) bond motifs is 1. The van der Waals surface area contributed by atoms with Gasteiger partial charge in [0.2, 0.25) is 10.0 Å². The number of sulfonamides is 1. The Morgan fingerprint density at radius 3 is 2.43 bits per heavy atom. The zero-order valence-electron chi connectivity index (χ0n) is 20.6. The first-order valence-corrected chi connectivity index (χ1v) is 13.5. The fourth-order valence-electron chi connectivity index (χ4n) is 4.39. The van der Waals surface area contributed by atoms with Crippen LogP contribution < -0.4 is 0 Å². The lowest BCUT2D eigenvalue weighted by Crippen LogP contribution is -2.61. The molecule has 1 fully saturated rings. The molecule has 1 aliphatic rings. The molecule has 188 valence electrons. The highest BCUT2D eigenvalue weighted by molar-refractivity contribution is 7.88. The second-order valence-electron chi connectivity index (χ2n) is 10.6. The highest BCUT2D eigenvalue weighted by Crippen LogP contribution is 2.36.